The van der Waals surface area contributed by atoms with E-state index in [2.05, 4.69) is 15.7 Å². The molecule has 0 spiro atoms. The molecule has 1 aliphatic carbocycles. The van der Waals surface area contributed by atoms with Gasteiger partial charge in [0.05, 0.1) is 6.54 Å². The van der Waals surface area contributed by atoms with Crippen molar-refractivity contribution in [3.8, 4) is 5.69 Å². The van der Waals surface area contributed by atoms with Crippen LogP contribution in [-0.4, -0.2) is 34.2 Å². The molecule has 2 aromatic rings. The molecule has 0 radical (unpaired) electrons. The van der Waals surface area contributed by atoms with Gasteiger partial charge in [-0.2, -0.15) is 5.10 Å². The van der Waals surface area contributed by atoms with E-state index >= 15 is 0 Å². The average Bonchev–Trinajstić information content (AvgIpc) is 3.02. The summed E-state index contributed by atoms with van der Waals surface area (Å²) in [6.45, 7) is 1.65. The van der Waals surface area contributed by atoms with Crippen LogP contribution in [0.15, 0.2) is 30.3 Å². The van der Waals surface area contributed by atoms with Crippen LogP contribution in [0.25, 0.3) is 5.69 Å². The summed E-state index contributed by atoms with van der Waals surface area (Å²) >= 11 is 0. The number of carbonyl (C=O) groups is 2. The van der Waals surface area contributed by atoms with Crippen LogP contribution in [0.2, 0.25) is 0 Å². The van der Waals surface area contributed by atoms with Crippen LogP contribution in [0, 0.1) is 12.7 Å². The molecule has 0 aliphatic heterocycles. The van der Waals surface area contributed by atoms with Gasteiger partial charge in [0.1, 0.15) is 11.5 Å². The van der Waals surface area contributed by atoms with Crippen LogP contribution < -0.4 is 10.6 Å². The highest BCUT2D eigenvalue weighted by atomic mass is 19.1. The van der Waals surface area contributed by atoms with Gasteiger partial charge in [0.25, 0.3) is 5.91 Å². The van der Waals surface area contributed by atoms with E-state index < -0.39 is 11.7 Å². The van der Waals surface area contributed by atoms with Crippen molar-refractivity contribution in [1.82, 2.24) is 20.4 Å². The summed E-state index contributed by atoms with van der Waals surface area (Å²) < 4.78 is 15.3. The molecule has 0 bridgehead atoms. The lowest BCUT2D eigenvalue weighted by molar-refractivity contribution is -0.121. The third-order valence-electron chi connectivity index (χ3n) is 4.58. The Balaban J connectivity index is 1.59. The Morgan fingerprint density at radius 2 is 1.96 bits per heavy atom. The van der Waals surface area contributed by atoms with Gasteiger partial charge >= 0.3 is 0 Å². The Kier molecular flexibility index (Phi) is 5.65. The molecule has 1 heterocycles. The summed E-state index contributed by atoms with van der Waals surface area (Å²) in [5.74, 6) is -1.07. The van der Waals surface area contributed by atoms with Gasteiger partial charge in [-0.25, -0.2) is 9.07 Å². The Bertz CT molecular complexity index is 797. The molecule has 3 rings (SSSR count). The number of carbonyl (C=O) groups excluding carboxylic acids is 2. The average molecular weight is 358 g/mol. The number of amides is 2. The number of benzene rings is 1. The van der Waals surface area contributed by atoms with Crippen molar-refractivity contribution in [2.75, 3.05) is 6.54 Å². The van der Waals surface area contributed by atoms with Crippen molar-refractivity contribution in [2.24, 2.45) is 0 Å². The van der Waals surface area contributed by atoms with Gasteiger partial charge in [0.15, 0.2) is 5.69 Å². The zero-order valence-corrected chi connectivity index (χ0v) is 14.8. The minimum atomic E-state index is -0.456. The Labute approximate surface area is 151 Å². The predicted octanol–water partition coefficient (Wildman–Crippen LogP) is 2.50. The van der Waals surface area contributed by atoms with E-state index in [9.17, 15) is 14.0 Å². The number of hydrogen-bond acceptors (Lipinski definition) is 3. The van der Waals surface area contributed by atoms with E-state index in [1.807, 2.05) is 0 Å². The van der Waals surface area contributed by atoms with Gasteiger partial charge in [0, 0.05) is 11.7 Å². The number of aryl methyl sites for hydroxylation is 1. The summed E-state index contributed by atoms with van der Waals surface area (Å²) in [7, 11) is 0. The quantitative estimate of drug-likeness (QED) is 0.862. The fourth-order valence-corrected chi connectivity index (χ4v) is 3.23. The summed E-state index contributed by atoms with van der Waals surface area (Å²) in [5, 5.41) is 9.69. The van der Waals surface area contributed by atoms with Gasteiger partial charge in [-0.1, -0.05) is 31.4 Å². The van der Waals surface area contributed by atoms with Gasteiger partial charge in [-0.15, -0.1) is 0 Å². The lowest BCUT2D eigenvalue weighted by Crippen LogP contribution is -2.42. The van der Waals surface area contributed by atoms with Gasteiger partial charge in [-0.3, -0.25) is 9.59 Å². The highest BCUT2D eigenvalue weighted by Gasteiger charge is 2.18. The normalized spacial score (nSPS) is 14.8. The first kappa shape index (κ1) is 18.1. The van der Waals surface area contributed by atoms with Crippen LogP contribution in [0.3, 0.4) is 0 Å². The SMILES string of the molecule is Cc1cc(C(=O)NCC(=O)NC2CCCCC2)nn1-c1ccccc1F. The molecule has 7 heteroatoms. The van der Waals surface area contributed by atoms with Crippen molar-refractivity contribution < 1.29 is 14.0 Å². The van der Waals surface area contributed by atoms with Crippen molar-refractivity contribution in [2.45, 2.75) is 45.1 Å². The fraction of sp³-hybridized carbons (Fsp3) is 0.421. The van der Waals surface area contributed by atoms with Gasteiger partial charge < -0.3 is 10.6 Å². The van der Waals surface area contributed by atoms with Crippen molar-refractivity contribution >= 4 is 11.8 Å². The minimum Gasteiger partial charge on any atom is -0.352 e. The van der Waals surface area contributed by atoms with E-state index in [4.69, 9.17) is 0 Å². The monoisotopic (exact) mass is 358 g/mol. The van der Waals surface area contributed by atoms with Crippen LogP contribution in [0.4, 0.5) is 4.39 Å². The number of halogens is 1. The molecule has 0 saturated heterocycles. The zero-order valence-electron chi connectivity index (χ0n) is 14.8. The second-order valence-electron chi connectivity index (χ2n) is 6.62. The molecule has 0 atom stereocenters. The number of aromatic nitrogens is 2. The Hall–Kier alpha value is -2.70. The Morgan fingerprint density at radius 1 is 1.23 bits per heavy atom. The molecular weight excluding hydrogens is 335 g/mol. The number of nitrogens with one attached hydrogen (secondary N) is 2. The molecule has 1 fully saturated rings. The molecule has 1 aliphatic rings. The molecule has 1 aromatic carbocycles. The van der Waals surface area contributed by atoms with E-state index in [-0.39, 0.29) is 29.9 Å². The van der Waals surface area contributed by atoms with E-state index in [0.717, 1.165) is 25.7 Å². The lowest BCUT2D eigenvalue weighted by Gasteiger charge is -2.22. The standard InChI is InChI=1S/C19H23FN4O2/c1-13-11-16(23-24(13)17-10-6-5-9-15(17)20)19(26)21-12-18(25)22-14-7-3-2-4-8-14/h5-6,9-11,14H,2-4,7-8,12H2,1H3,(H,21,26)(H,22,25). The molecule has 0 unspecified atom stereocenters. The summed E-state index contributed by atoms with van der Waals surface area (Å²) in [4.78, 5) is 24.2. The molecule has 6 nitrogen and oxygen atoms in total. The first-order valence-corrected chi connectivity index (χ1v) is 8.94. The first-order chi connectivity index (χ1) is 12.5. The smallest absolute Gasteiger partial charge is 0.272 e. The van der Waals surface area contributed by atoms with Crippen LogP contribution in [0.5, 0.6) is 0 Å². The Morgan fingerprint density at radius 3 is 2.69 bits per heavy atom. The summed E-state index contributed by atoms with van der Waals surface area (Å²) in [6, 6.07) is 8.00. The largest absolute Gasteiger partial charge is 0.352 e. The maximum Gasteiger partial charge on any atom is 0.272 e. The molecule has 2 N–H and O–H groups in total. The molecule has 138 valence electrons. The summed E-state index contributed by atoms with van der Waals surface area (Å²) in [5.41, 5.74) is 1.06. The van der Waals surface area contributed by atoms with Crippen molar-refractivity contribution in [3.63, 3.8) is 0 Å². The van der Waals surface area contributed by atoms with E-state index in [0.29, 0.717) is 5.69 Å². The molecule has 1 saturated carbocycles. The number of para-hydroxylation sites is 1. The predicted molar refractivity (Wildman–Crippen MR) is 95.6 cm³/mol. The van der Waals surface area contributed by atoms with Crippen molar-refractivity contribution in [1.29, 1.82) is 0 Å². The number of rotatable bonds is 5. The highest BCUT2D eigenvalue weighted by molar-refractivity contribution is 5.95. The zero-order chi connectivity index (χ0) is 18.5. The van der Waals surface area contributed by atoms with Crippen LogP contribution in [0.1, 0.15) is 48.3 Å². The minimum absolute atomic E-state index is 0.0963. The first-order valence-electron chi connectivity index (χ1n) is 8.94. The van der Waals surface area contributed by atoms with Crippen LogP contribution >= 0.6 is 0 Å². The highest BCUT2D eigenvalue weighted by Crippen LogP contribution is 2.17. The second kappa shape index (κ2) is 8.12. The molecule has 1 aromatic heterocycles. The van der Waals surface area contributed by atoms with Gasteiger partial charge in [-0.05, 0) is 38.0 Å². The lowest BCUT2D eigenvalue weighted by atomic mass is 9.95. The van der Waals surface area contributed by atoms with E-state index in [1.54, 1.807) is 31.2 Å². The maximum absolute atomic E-state index is 13.9. The van der Waals surface area contributed by atoms with Gasteiger partial charge in [0.2, 0.25) is 5.91 Å². The van der Waals surface area contributed by atoms with Crippen LogP contribution in [-0.2, 0) is 4.79 Å². The maximum atomic E-state index is 13.9. The summed E-state index contributed by atoms with van der Waals surface area (Å²) in [6.07, 6.45) is 5.46. The third-order valence-corrected chi connectivity index (χ3v) is 4.58. The molecule has 2 amide bonds. The fourth-order valence-electron chi connectivity index (χ4n) is 3.23. The topological polar surface area (TPSA) is 76.0 Å². The van der Waals surface area contributed by atoms with E-state index in [1.165, 1.54) is 17.2 Å². The van der Waals surface area contributed by atoms with Crippen molar-refractivity contribution in [3.05, 3.63) is 47.5 Å². The second-order valence-corrected chi connectivity index (χ2v) is 6.62. The molecular formula is C19H23FN4O2. The molecule has 26 heavy (non-hydrogen) atoms. The number of nitrogens with zero attached hydrogens (tertiary/aromatic N) is 2. The number of hydrogen-bond donors (Lipinski definition) is 2. The third kappa shape index (κ3) is 4.28.